The van der Waals surface area contributed by atoms with Gasteiger partial charge in [-0.3, -0.25) is 4.90 Å². The van der Waals surface area contributed by atoms with Crippen LogP contribution in [0.1, 0.15) is 29.2 Å². The van der Waals surface area contributed by atoms with Crippen molar-refractivity contribution in [2.45, 2.75) is 31.9 Å². The maximum Gasteiger partial charge on any atom is 0.410 e. The van der Waals surface area contributed by atoms with Crippen molar-refractivity contribution in [1.82, 2.24) is 14.5 Å². The van der Waals surface area contributed by atoms with Crippen molar-refractivity contribution in [1.29, 1.82) is 0 Å². The van der Waals surface area contributed by atoms with Crippen LogP contribution in [0.25, 0.3) is 0 Å². The lowest BCUT2D eigenvalue weighted by atomic mass is 10.2. The van der Waals surface area contributed by atoms with Crippen LogP contribution in [0.4, 0.5) is 17.5 Å². The number of alkyl halides is 2. The Bertz CT molecular complexity index is 932. The third kappa shape index (κ3) is 4.59. The van der Waals surface area contributed by atoms with Crippen molar-refractivity contribution >= 4 is 16.3 Å². The molecule has 1 amide bonds. The average Bonchev–Trinajstić information content (AvgIpc) is 2.97. The second kappa shape index (κ2) is 7.59. The normalized spacial score (nSPS) is 14.3. The molecule has 0 N–H and O–H groups in total. The molecule has 0 spiro atoms. The molecule has 0 bridgehead atoms. The first-order chi connectivity index (χ1) is 12.7. The smallest absolute Gasteiger partial charge is 0.410 e. The number of ether oxygens (including phenoxy) is 1. The van der Waals surface area contributed by atoms with E-state index in [0.29, 0.717) is 0 Å². The van der Waals surface area contributed by atoms with Crippen molar-refractivity contribution < 1.29 is 30.6 Å². The fourth-order valence-corrected chi connectivity index (χ4v) is 3.50. The van der Waals surface area contributed by atoms with Gasteiger partial charge >= 0.3 is 16.3 Å². The molecule has 0 aliphatic carbocycles. The lowest BCUT2D eigenvalue weighted by molar-refractivity contribution is 0.0859. The molecule has 0 saturated heterocycles. The Morgan fingerprint density at radius 1 is 1.22 bits per heavy atom. The molecule has 1 aliphatic rings. The van der Waals surface area contributed by atoms with Crippen molar-refractivity contribution in [2.75, 3.05) is 6.54 Å². The highest BCUT2D eigenvalue weighted by atomic mass is 32.3. The van der Waals surface area contributed by atoms with Crippen LogP contribution < -0.4 is 0 Å². The number of imidazole rings is 1. The van der Waals surface area contributed by atoms with Crippen molar-refractivity contribution in [3.8, 4) is 0 Å². The minimum atomic E-state index is -5.01. The number of aromatic nitrogens is 2. The Balaban J connectivity index is 1.74. The molecule has 0 saturated carbocycles. The summed E-state index contributed by atoms with van der Waals surface area (Å²) in [5.74, 6) is -1.12. The topological polar surface area (TPSA) is 81.5 Å². The van der Waals surface area contributed by atoms with E-state index in [1.165, 1.54) is 9.47 Å². The molecule has 0 unspecified atom stereocenters. The highest BCUT2D eigenvalue weighted by Gasteiger charge is 2.31. The van der Waals surface area contributed by atoms with E-state index in [4.69, 9.17) is 4.74 Å². The van der Waals surface area contributed by atoms with Crippen LogP contribution in [-0.2, 0) is 40.4 Å². The molecule has 2 aromatic rings. The molecule has 1 aromatic heterocycles. The Labute approximate surface area is 153 Å². The van der Waals surface area contributed by atoms with Gasteiger partial charge in [-0.1, -0.05) is 30.3 Å². The van der Waals surface area contributed by atoms with Crippen LogP contribution in [0.3, 0.4) is 0 Å². The minimum Gasteiger partial charge on any atom is -0.445 e. The fourth-order valence-electron chi connectivity index (χ4n) is 2.87. The van der Waals surface area contributed by atoms with Gasteiger partial charge in [0.25, 0.3) is 6.43 Å². The van der Waals surface area contributed by atoms with Crippen LogP contribution in [0, 0.1) is 0 Å². The lowest BCUT2D eigenvalue weighted by Crippen LogP contribution is -2.39. The summed E-state index contributed by atoms with van der Waals surface area (Å²) >= 11 is 0. The zero-order valence-corrected chi connectivity index (χ0v) is 14.8. The fraction of sp³-hybridized carbons (Fsp3) is 0.375. The Hall–Kier alpha value is -2.56. The summed E-state index contributed by atoms with van der Waals surface area (Å²) in [4.78, 5) is 17.2. The van der Waals surface area contributed by atoms with E-state index in [1.807, 2.05) is 6.07 Å². The maximum absolute atomic E-state index is 13.2. The number of nitrogens with zero attached hydrogens (tertiary/aromatic N) is 3. The molecule has 2 heterocycles. The van der Waals surface area contributed by atoms with Gasteiger partial charge in [0.15, 0.2) is 0 Å². The van der Waals surface area contributed by atoms with E-state index >= 15 is 0 Å². The number of fused-ring (bicyclic) bond motifs is 1. The monoisotopic (exact) mass is 403 g/mol. The van der Waals surface area contributed by atoms with Crippen molar-refractivity contribution in [2.24, 2.45) is 0 Å². The SMILES string of the molecule is O=C(OCc1ccccc1)N1CCn2c(nc(C(F)F)c2CS(=O)(=O)F)C1. The van der Waals surface area contributed by atoms with Crippen LogP contribution >= 0.6 is 0 Å². The summed E-state index contributed by atoms with van der Waals surface area (Å²) in [5.41, 5.74) is -0.384. The standard InChI is InChI=1S/C16H16F3N3O4S/c17-15(18)14-12(10-27(19,24)25)22-7-6-21(8-13(22)20-14)16(23)26-9-11-4-2-1-3-5-11/h1-5,15H,6-10H2. The molecule has 146 valence electrons. The molecule has 1 aliphatic heterocycles. The second-order valence-corrected chi connectivity index (χ2v) is 7.32. The second-order valence-electron chi connectivity index (χ2n) is 5.96. The summed E-state index contributed by atoms with van der Waals surface area (Å²) < 4.78 is 67.6. The molecule has 1 aromatic carbocycles. The zero-order chi connectivity index (χ0) is 19.6. The van der Waals surface area contributed by atoms with Gasteiger partial charge in [0.05, 0.1) is 12.2 Å². The summed E-state index contributed by atoms with van der Waals surface area (Å²) in [6, 6.07) is 9.00. The van der Waals surface area contributed by atoms with Gasteiger partial charge in [-0.25, -0.2) is 18.6 Å². The number of amides is 1. The van der Waals surface area contributed by atoms with Gasteiger partial charge in [0.2, 0.25) is 0 Å². The number of rotatable bonds is 5. The first-order valence-electron chi connectivity index (χ1n) is 7.99. The number of hydrogen-bond donors (Lipinski definition) is 0. The molecular weight excluding hydrogens is 387 g/mol. The molecule has 0 fully saturated rings. The Morgan fingerprint density at radius 2 is 1.93 bits per heavy atom. The van der Waals surface area contributed by atoms with E-state index < -0.39 is 34.2 Å². The predicted molar refractivity (Wildman–Crippen MR) is 88.0 cm³/mol. The average molecular weight is 403 g/mol. The predicted octanol–water partition coefficient (Wildman–Crippen LogP) is 2.77. The molecule has 0 atom stereocenters. The molecule has 0 radical (unpaired) electrons. The van der Waals surface area contributed by atoms with Gasteiger partial charge < -0.3 is 9.30 Å². The molecule has 3 rings (SSSR count). The molecular formula is C16H16F3N3O4S. The van der Waals surface area contributed by atoms with Gasteiger partial charge in [-0.15, -0.1) is 3.89 Å². The summed E-state index contributed by atoms with van der Waals surface area (Å²) in [6.45, 7) is 0.0251. The summed E-state index contributed by atoms with van der Waals surface area (Å²) in [5, 5.41) is 0. The third-order valence-corrected chi connectivity index (χ3v) is 4.71. The largest absolute Gasteiger partial charge is 0.445 e. The quantitative estimate of drug-likeness (QED) is 0.717. The van der Waals surface area contributed by atoms with Crippen molar-refractivity contribution in [3.63, 3.8) is 0 Å². The highest BCUT2D eigenvalue weighted by Crippen LogP contribution is 2.28. The van der Waals surface area contributed by atoms with Crippen LogP contribution in [0.5, 0.6) is 0 Å². The summed E-state index contributed by atoms with van der Waals surface area (Å²) in [7, 11) is -5.01. The van der Waals surface area contributed by atoms with Gasteiger partial charge in [-0.2, -0.15) is 8.42 Å². The maximum atomic E-state index is 13.2. The van der Waals surface area contributed by atoms with E-state index in [1.54, 1.807) is 24.3 Å². The Kier molecular flexibility index (Phi) is 5.40. The molecule has 7 nitrogen and oxygen atoms in total. The van der Waals surface area contributed by atoms with E-state index in [2.05, 4.69) is 4.98 Å². The Morgan fingerprint density at radius 3 is 2.56 bits per heavy atom. The lowest BCUT2D eigenvalue weighted by Gasteiger charge is -2.27. The van der Waals surface area contributed by atoms with E-state index in [0.717, 1.165) is 5.56 Å². The van der Waals surface area contributed by atoms with Gasteiger partial charge in [-0.05, 0) is 5.56 Å². The van der Waals surface area contributed by atoms with E-state index in [-0.39, 0.29) is 37.8 Å². The van der Waals surface area contributed by atoms with E-state index in [9.17, 15) is 25.9 Å². The first-order valence-corrected chi connectivity index (χ1v) is 9.54. The zero-order valence-electron chi connectivity index (χ0n) is 14.0. The van der Waals surface area contributed by atoms with Gasteiger partial charge in [0.1, 0.15) is 23.9 Å². The number of halogens is 3. The summed E-state index contributed by atoms with van der Waals surface area (Å²) in [6.07, 6.45) is -3.70. The highest BCUT2D eigenvalue weighted by molar-refractivity contribution is 7.85. The number of carbonyl (C=O) groups excluding carboxylic acids is 1. The molecule has 27 heavy (non-hydrogen) atoms. The van der Waals surface area contributed by atoms with Crippen LogP contribution in [0.15, 0.2) is 30.3 Å². The molecule has 11 heteroatoms. The first kappa shape index (κ1) is 19.2. The van der Waals surface area contributed by atoms with Crippen LogP contribution in [-0.4, -0.2) is 35.5 Å². The number of hydrogen-bond acceptors (Lipinski definition) is 5. The number of benzene rings is 1. The van der Waals surface area contributed by atoms with Crippen molar-refractivity contribution in [3.05, 3.63) is 53.1 Å². The van der Waals surface area contributed by atoms with Gasteiger partial charge in [0, 0.05) is 13.1 Å². The number of carbonyl (C=O) groups is 1. The third-order valence-electron chi connectivity index (χ3n) is 4.09. The van der Waals surface area contributed by atoms with Crippen LogP contribution in [0.2, 0.25) is 0 Å². The minimum absolute atomic E-state index is 0.0142.